The first-order chi connectivity index (χ1) is 8.04. The molecule has 2 rings (SSSR count). The third-order valence-electron chi connectivity index (χ3n) is 3.46. The average Bonchev–Trinajstić information content (AvgIpc) is 2.29. The van der Waals surface area contributed by atoms with Crippen molar-refractivity contribution in [3.05, 3.63) is 35.4 Å². The standard InChI is InChI=1S/C14H17F3/c15-14(16,17)10-11-6-8-13(9-7-11)12-4-2-1-3-5-12/h6-9,12H,1-5,10H2. The second kappa shape index (κ2) is 5.11. The van der Waals surface area contributed by atoms with Gasteiger partial charge in [0.05, 0.1) is 6.42 Å². The highest BCUT2D eigenvalue weighted by molar-refractivity contribution is 5.26. The van der Waals surface area contributed by atoms with Gasteiger partial charge in [-0.25, -0.2) is 0 Å². The molecule has 0 atom stereocenters. The van der Waals surface area contributed by atoms with Crippen molar-refractivity contribution in [3.8, 4) is 0 Å². The van der Waals surface area contributed by atoms with Gasteiger partial charge in [0.25, 0.3) is 0 Å². The summed E-state index contributed by atoms with van der Waals surface area (Å²) >= 11 is 0. The van der Waals surface area contributed by atoms with E-state index in [4.69, 9.17) is 0 Å². The summed E-state index contributed by atoms with van der Waals surface area (Å²) in [5, 5.41) is 0. The Morgan fingerprint density at radius 3 is 2.06 bits per heavy atom. The highest BCUT2D eigenvalue weighted by Crippen LogP contribution is 2.33. The van der Waals surface area contributed by atoms with Crippen LogP contribution in [0.4, 0.5) is 13.2 Å². The largest absolute Gasteiger partial charge is 0.393 e. The molecule has 1 aromatic carbocycles. The van der Waals surface area contributed by atoms with Gasteiger partial charge in [0, 0.05) is 0 Å². The lowest BCUT2D eigenvalue weighted by Crippen LogP contribution is -2.11. The van der Waals surface area contributed by atoms with Crippen molar-refractivity contribution in [3.63, 3.8) is 0 Å². The zero-order valence-electron chi connectivity index (χ0n) is 9.76. The summed E-state index contributed by atoms with van der Waals surface area (Å²) in [7, 11) is 0. The second-order valence-electron chi connectivity index (χ2n) is 4.87. The minimum Gasteiger partial charge on any atom is -0.171 e. The summed E-state index contributed by atoms with van der Waals surface area (Å²) < 4.78 is 36.6. The quantitative estimate of drug-likeness (QED) is 0.696. The van der Waals surface area contributed by atoms with E-state index in [1.807, 2.05) is 12.1 Å². The van der Waals surface area contributed by atoms with Crippen molar-refractivity contribution < 1.29 is 13.2 Å². The number of halogens is 3. The number of benzene rings is 1. The maximum Gasteiger partial charge on any atom is 0.393 e. The smallest absolute Gasteiger partial charge is 0.171 e. The molecule has 3 heteroatoms. The Morgan fingerprint density at radius 2 is 1.53 bits per heavy atom. The zero-order valence-corrected chi connectivity index (χ0v) is 9.76. The van der Waals surface area contributed by atoms with E-state index in [0.717, 1.165) is 0 Å². The van der Waals surface area contributed by atoms with Gasteiger partial charge in [-0.05, 0) is 29.9 Å². The van der Waals surface area contributed by atoms with Gasteiger partial charge in [-0.2, -0.15) is 13.2 Å². The highest BCUT2D eigenvalue weighted by Gasteiger charge is 2.27. The highest BCUT2D eigenvalue weighted by atomic mass is 19.4. The molecule has 0 amide bonds. The molecule has 0 spiro atoms. The first-order valence-electron chi connectivity index (χ1n) is 6.20. The summed E-state index contributed by atoms with van der Waals surface area (Å²) in [4.78, 5) is 0. The van der Waals surface area contributed by atoms with Crippen LogP contribution in [0, 0.1) is 0 Å². The average molecular weight is 242 g/mol. The van der Waals surface area contributed by atoms with E-state index >= 15 is 0 Å². The Balaban J connectivity index is 2.02. The summed E-state index contributed by atoms with van der Waals surface area (Å²) in [6.45, 7) is 0. The fourth-order valence-corrected chi connectivity index (χ4v) is 2.58. The summed E-state index contributed by atoms with van der Waals surface area (Å²) in [6, 6.07) is 6.99. The predicted molar refractivity (Wildman–Crippen MR) is 62.0 cm³/mol. The lowest BCUT2D eigenvalue weighted by Gasteiger charge is -2.22. The zero-order chi connectivity index (χ0) is 12.3. The van der Waals surface area contributed by atoms with Crippen molar-refractivity contribution >= 4 is 0 Å². The van der Waals surface area contributed by atoms with Crippen LogP contribution < -0.4 is 0 Å². The van der Waals surface area contributed by atoms with Crippen LogP contribution in [0.1, 0.15) is 49.1 Å². The number of hydrogen-bond acceptors (Lipinski definition) is 0. The van der Waals surface area contributed by atoms with Crippen LogP contribution in [0.3, 0.4) is 0 Å². The lowest BCUT2D eigenvalue weighted by molar-refractivity contribution is -0.127. The molecule has 0 aromatic heterocycles. The van der Waals surface area contributed by atoms with Gasteiger partial charge < -0.3 is 0 Å². The molecule has 0 aliphatic heterocycles. The Kier molecular flexibility index (Phi) is 3.75. The molecular formula is C14H17F3. The van der Waals surface area contributed by atoms with Gasteiger partial charge in [0.2, 0.25) is 0 Å². The molecule has 0 unspecified atom stereocenters. The molecule has 94 valence electrons. The maximum atomic E-state index is 12.2. The van der Waals surface area contributed by atoms with Crippen LogP contribution in [0.15, 0.2) is 24.3 Å². The van der Waals surface area contributed by atoms with E-state index in [1.165, 1.54) is 37.7 Å². The van der Waals surface area contributed by atoms with Gasteiger partial charge in [0.1, 0.15) is 0 Å². The van der Waals surface area contributed by atoms with Gasteiger partial charge >= 0.3 is 6.18 Å². The monoisotopic (exact) mass is 242 g/mol. The molecule has 1 aliphatic rings. The van der Waals surface area contributed by atoms with E-state index in [9.17, 15) is 13.2 Å². The number of hydrogen-bond donors (Lipinski definition) is 0. The fraction of sp³-hybridized carbons (Fsp3) is 0.571. The molecule has 0 radical (unpaired) electrons. The van der Waals surface area contributed by atoms with Crippen LogP contribution >= 0.6 is 0 Å². The first kappa shape index (κ1) is 12.5. The molecule has 0 N–H and O–H groups in total. The van der Waals surface area contributed by atoms with Crippen molar-refractivity contribution in [2.45, 2.75) is 50.6 Å². The summed E-state index contributed by atoms with van der Waals surface area (Å²) in [5.74, 6) is 0.559. The topological polar surface area (TPSA) is 0 Å². The lowest BCUT2D eigenvalue weighted by atomic mass is 9.84. The van der Waals surface area contributed by atoms with Crippen molar-refractivity contribution in [2.75, 3.05) is 0 Å². The Morgan fingerprint density at radius 1 is 0.941 bits per heavy atom. The SMILES string of the molecule is FC(F)(F)Cc1ccc(C2CCCCC2)cc1. The van der Waals surface area contributed by atoms with Crippen LogP contribution in [0.2, 0.25) is 0 Å². The van der Waals surface area contributed by atoms with Crippen molar-refractivity contribution in [1.29, 1.82) is 0 Å². The van der Waals surface area contributed by atoms with E-state index in [0.29, 0.717) is 11.5 Å². The minimum absolute atomic E-state index is 0.358. The molecule has 0 saturated heterocycles. The molecule has 1 saturated carbocycles. The van der Waals surface area contributed by atoms with Crippen molar-refractivity contribution in [2.24, 2.45) is 0 Å². The normalized spacial score (nSPS) is 18.3. The molecule has 0 heterocycles. The van der Waals surface area contributed by atoms with Gasteiger partial charge in [-0.3, -0.25) is 0 Å². The molecule has 1 aromatic rings. The number of alkyl halides is 3. The molecular weight excluding hydrogens is 225 g/mol. The number of rotatable bonds is 2. The van der Waals surface area contributed by atoms with Gasteiger partial charge in [-0.15, -0.1) is 0 Å². The van der Waals surface area contributed by atoms with Gasteiger partial charge in [-0.1, -0.05) is 43.5 Å². The van der Waals surface area contributed by atoms with E-state index < -0.39 is 12.6 Å². The third-order valence-corrected chi connectivity index (χ3v) is 3.46. The summed E-state index contributed by atoms with van der Waals surface area (Å²) in [5.41, 5.74) is 1.56. The first-order valence-corrected chi connectivity index (χ1v) is 6.20. The van der Waals surface area contributed by atoms with Crippen LogP contribution in [0.25, 0.3) is 0 Å². The predicted octanol–water partition coefficient (Wildman–Crippen LogP) is 4.84. The Hall–Kier alpha value is -0.990. The Bertz CT molecular complexity index is 345. The summed E-state index contributed by atoms with van der Waals surface area (Å²) in [6.07, 6.45) is 1.22. The van der Waals surface area contributed by atoms with E-state index in [1.54, 1.807) is 12.1 Å². The van der Waals surface area contributed by atoms with Gasteiger partial charge in [0.15, 0.2) is 0 Å². The van der Waals surface area contributed by atoms with Crippen LogP contribution in [0.5, 0.6) is 0 Å². The van der Waals surface area contributed by atoms with E-state index in [2.05, 4.69) is 0 Å². The van der Waals surface area contributed by atoms with Crippen LogP contribution in [-0.4, -0.2) is 6.18 Å². The molecule has 17 heavy (non-hydrogen) atoms. The Labute approximate surface area is 99.8 Å². The maximum absolute atomic E-state index is 12.2. The molecule has 1 fully saturated rings. The molecule has 0 nitrogen and oxygen atoms in total. The van der Waals surface area contributed by atoms with Crippen LogP contribution in [-0.2, 0) is 6.42 Å². The van der Waals surface area contributed by atoms with Crippen molar-refractivity contribution in [1.82, 2.24) is 0 Å². The molecule has 1 aliphatic carbocycles. The second-order valence-corrected chi connectivity index (χ2v) is 4.87. The minimum atomic E-state index is -4.10. The molecule has 0 bridgehead atoms. The third kappa shape index (κ3) is 3.76. The fourth-order valence-electron chi connectivity index (χ4n) is 2.58. The van der Waals surface area contributed by atoms with E-state index in [-0.39, 0.29) is 0 Å².